The highest BCUT2D eigenvalue weighted by molar-refractivity contribution is 5.75. The fraction of sp³-hybridized carbons (Fsp3) is 0.846. The van der Waals surface area contributed by atoms with Crippen LogP contribution in [-0.2, 0) is 14.3 Å². The highest BCUT2D eigenvalue weighted by atomic mass is 16.5. The molecule has 0 rings (SSSR count). The van der Waals surface area contributed by atoms with Crippen LogP contribution in [0.1, 0.15) is 174 Å². The van der Waals surface area contributed by atoms with Gasteiger partial charge in [-0.05, 0) is 44.9 Å². The molecule has 0 saturated heterocycles. The van der Waals surface area contributed by atoms with Gasteiger partial charge in [0.15, 0.2) is 6.54 Å². The summed E-state index contributed by atoms with van der Waals surface area (Å²) in [5.41, 5.74) is 0. The topological polar surface area (TPSA) is 55.4 Å². The van der Waals surface area contributed by atoms with E-state index < -0.39 is 0 Å². The average molecular weight is 620 g/mol. The van der Waals surface area contributed by atoms with Gasteiger partial charge >= 0.3 is 5.97 Å². The summed E-state index contributed by atoms with van der Waals surface area (Å²) in [4.78, 5) is 24.5. The molecule has 0 unspecified atom stereocenters. The fourth-order valence-corrected chi connectivity index (χ4v) is 5.52. The van der Waals surface area contributed by atoms with Crippen LogP contribution >= 0.6 is 0 Å². The van der Waals surface area contributed by atoms with Crippen molar-refractivity contribution in [2.75, 3.05) is 40.3 Å². The highest BCUT2D eigenvalue weighted by Crippen LogP contribution is 2.12. The zero-order chi connectivity index (χ0) is 32.4. The van der Waals surface area contributed by atoms with Gasteiger partial charge in [-0.3, -0.25) is 4.79 Å². The summed E-state index contributed by atoms with van der Waals surface area (Å²) < 4.78 is 6.10. The van der Waals surface area contributed by atoms with E-state index in [0.29, 0.717) is 30.6 Å². The van der Waals surface area contributed by atoms with Crippen molar-refractivity contribution >= 4 is 11.9 Å². The molecule has 0 aliphatic rings. The second-order valence-corrected chi connectivity index (χ2v) is 13.6. The molecule has 0 heterocycles. The lowest BCUT2D eigenvalue weighted by Gasteiger charge is -2.28. The standard InChI is InChI=1S/C39H74N2O3/c1-5-7-9-11-13-15-17-19-20-21-22-24-26-28-30-33-38(42)40-34-32-35-41(3,4)37-39(43)44-36-31-29-27-25-23-18-16-14-12-10-8-6-2/h13,15,19-20H,5-12,14,16-18,21-37H2,1-4H3/p+1. The van der Waals surface area contributed by atoms with Gasteiger partial charge in [0, 0.05) is 19.4 Å². The molecule has 5 nitrogen and oxygen atoms in total. The molecule has 0 aliphatic carbocycles. The number of quaternary nitrogens is 1. The van der Waals surface area contributed by atoms with Crippen LogP contribution in [0.2, 0.25) is 0 Å². The quantitative estimate of drug-likeness (QED) is 0.0344. The second-order valence-electron chi connectivity index (χ2n) is 13.6. The smallest absolute Gasteiger partial charge is 0.361 e. The molecular formula is C39H75N2O3+. The second kappa shape index (κ2) is 32.8. The number of hydrogen-bond acceptors (Lipinski definition) is 3. The summed E-state index contributed by atoms with van der Waals surface area (Å²) in [6.45, 7) is 6.97. The Balaban J connectivity index is 3.56. The number of nitrogens with zero attached hydrogens (tertiary/aromatic N) is 1. The maximum Gasteiger partial charge on any atom is 0.361 e. The lowest BCUT2D eigenvalue weighted by molar-refractivity contribution is -0.883. The minimum atomic E-state index is -0.108. The van der Waals surface area contributed by atoms with Crippen molar-refractivity contribution in [3.05, 3.63) is 24.3 Å². The van der Waals surface area contributed by atoms with Crippen LogP contribution < -0.4 is 5.32 Å². The average Bonchev–Trinajstić information content (AvgIpc) is 2.99. The number of nitrogens with one attached hydrogen (secondary N) is 1. The number of amides is 1. The lowest BCUT2D eigenvalue weighted by atomic mass is 10.1. The van der Waals surface area contributed by atoms with E-state index in [2.05, 4.69) is 57.6 Å². The Morgan fingerprint density at radius 1 is 0.591 bits per heavy atom. The predicted molar refractivity (Wildman–Crippen MR) is 191 cm³/mol. The number of allylic oxidation sites excluding steroid dienone is 4. The van der Waals surface area contributed by atoms with Crippen LogP contribution in [-0.4, -0.2) is 56.7 Å². The van der Waals surface area contributed by atoms with Crippen LogP contribution in [0.4, 0.5) is 0 Å². The van der Waals surface area contributed by atoms with E-state index in [9.17, 15) is 9.59 Å². The van der Waals surface area contributed by atoms with Crippen molar-refractivity contribution in [2.24, 2.45) is 0 Å². The van der Waals surface area contributed by atoms with Gasteiger partial charge in [-0.2, -0.15) is 0 Å². The van der Waals surface area contributed by atoms with Crippen LogP contribution in [0, 0.1) is 0 Å². The van der Waals surface area contributed by atoms with E-state index in [1.807, 2.05) is 0 Å². The first-order valence-corrected chi connectivity index (χ1v) is 19.0. The molecule has 0 aromatic rings. The van der Waals surface area contributed by atoms with E-state index in [0.717, 1.165) is 51.5 Å². The molecule has 0 bridgehead atoms. The van der Waals surface area contributed by atoms with Gasteiger partial charge in [0.1, 0.15) is 0 Å². The van der Waals surface area contributed by atoms with Crippen LogP contribution in [0.25, 0.3) is 0 Å². The maximum absolute atomic E-state index is 12.3. The van der Waals surface area contributed by atoms with Crippen LogP contribution in [0.5, 0.6) is 0 Å². The predicted octanol–water partition coefficient (Wildman–Crippen LogP) is 10.6. The Kier molecular flexibility index (Phi) is 31.6. The number of hydrogen-bond donors (Lipinski definition) is 1. The van der Waals surface area contributed by atoms with Crippen LogP contribution in [0.15, 0.2) is 24.3 Å². The molecule has 0 aromatic carbocycles. The molecular weight excluding hydrogens is 544 g/mol. The number of likely N-dealkylation sites (N-methyl/N-ethyl adjacent to an activating group) is 1. The van der Waals surface area contributed by atoms with Crippen molar-refractivity contribution in [3.8, 4) is 0 Å². The number of esters is 1. The first-order chi connectivity index (χ1) is 21.4. The Labute approximate surface area is 274 Å². The summed E-state index contributed by atoms with van der Waals surface area (Å²) >= 11 is 0. The third-order valence-corrected chi connectivity index (χ3v) is 8.43. The van der Waals surface area contributed by atoms with Gasteiger partial charge in [-0.25, -0.2) is 4.79 Å². The van der Waals surface area contributed by atoms with Gasteiger partial charge in [0.25, 0.3) is 0 Å². The summed E-state index contributed by atoms with van der Waals surface area (Å²) in [5.74, 6) is 0.0475. The SMILES string of the molecule is CCCCCC=CCC=CCCCCCCCC(=O)NCCC[N+](C)(C)CC(=O)OCCCCCCCCCCCCCC. The zero-order valence-electron chi connectivity index (χ0n) is 30.0. The summed E-state index contributed by atoms with van der Waals surface area (Å²) in [6.07, 6.45) is 39.5. The first-order valence-electron chi connectivity index (χ1n) is 19.0. The number of carbonyl (C=O) groups excluding carboxylic acids is 2. The molecule has 0 fully saturated rings. The van der Waals surface area contributed by atoms with Gasteiger partial charge < -0.3 is 14.5 Å². The van der Waals surface area contributed by atoms with E-state index in [-0.39, 0.29) is 11.9 Å². The van der Waals surface area contributed by atoms with E-state index in [4.69, 9.17) is 4.74 Å². The third kappa shape index (κ3) is 33.3. The monoisotopic (exact) mass is 620 g/mol. The van der Waals surface area contributed by atoms with E-state index in [1.165, 1.54) is 109 Å². The van der Waals surface area contributed by atoms with Gasteiger partial charge in [0.05, 0.1) is 27.2 Å². The number of unbranched alkanes of at least 4 members (excludes halogenated alkanes) is 19. The summed E-state index contributed by atoms with van der Waals surface area (Å²) in [6, 6.07) is 0. The van der Waals surface area contributed by atoms with Crippen molar-refractivity contribution in [3.63, 3.8) is 0 Å². The molecule has 5 heteroatoms. The normalized spacial score (nSPS) is 12.0. The maximum atomic E-state index is 12.3. The Morgan fingerprint density at radius 3 is 1.66 bits per heavy atom. The largest absolute Gasteiger partial charge is 0.462 e. The van der Waals surface area contributed by atoms with E-state index >= 15 is 0 Å². The van der Waals surface area contributed by atoms with E-state index in [1.54, 1.807) is 0 Å². The van der Waals surface area contributed by atoms with Crippen molar-refractivity contribution in [1.82, 2.24) is 5.32 Å². The molecule has 0 aromatic heterocycles. The molecule has 1 N–H and O–H groups in total. The zero-order valence-corrected chi connectivity index (χ0v) is 30.0. The molecule has 0 aliphatic heterocycles. The Morgan fingerprint density at radius 2 is 1.07 bits per heavy atom. The van der Waals surface area contributed by atoms with Gasteiger partial charge in [-0.1, -0.05) is 141 Å². The molecule has 0 saturated carbocycles. The van der Waals surface area contributed by atoms with Crippen LogP contribution in [0.3, 0.4) is 0 Å². The van der Waals surface area contributed by atoms with Crippen molar-refractivity contribution in [1.29, 1.82) is 0 Å². The molecule has 44 heavy (non-hydrogen) atoms. The van der Waals surface area contributed by atoms with Crippen molar-refractivity contribution in [2.45, 2.75) is 174 Å². The molecule has 0 atom stereocenters. The van der Waals surface area contributed by atoms with Crippen molar-refractivity contribution < 1.29 is 18.8 Å². The number of rotatable bonds is 33. The minimum Gasteiger partial charge on any atom is -0.462 e. The Bertz CT molecular complexity index is 701. The molecule has 0 spiro atoms. The summed E-state index contributed by atoms with van der Waals surface area (Å²) in [7, 11) is 4.13. The number of ether oxygens (including phenoxy) is 1. The third-order valence-electron chi connectivity index (χ3n) is 8.43. The Hall–Kier alpha value is -1.62. The molecule has 258 valence electrons. The molecule has 1 amide bonds. The van der Waals surface area contributed by atoms with Gasteiger partial charge in [-0.15, -0.1) is 0 Å². The number of carbonyl (C=O) groups is 2. The minimum absolute atomic E-state index is 0.108. The van der Waals surface area contributed by atoms with Gasteiger partial charge in [0.2, 0.25) is 5.91 Å². The highest BCUT2D eigenvalue weighted by Gasteiger charge is 2.20. The fourth-order valence-electron chi connectivity index (χ4n) is 5.52. The molecule has 0 radical (unpaired) electrons. The summed E-state index contributed by atoms with van der Waals surface area (Å²) in [5, 5.41) is 3.06. The first kappa shape index (κ1) is 42.4. The lowest BCUT2D eigenvalue weighted by Crippen LogP contribution is -2.46.